The number of hydrogen-bond donors (Lipinski definition) is 3. The summed E-state index contributed by atoms with van der Waals surface area (Å²) in [6.45, 7) is 2.50. The van der Waals surface area contributed by atoms with Crippen molar-refractivity contribution in [1.82, 2.24) is 15.5 Å². The fraction of sp³-hybridized carbons (Fsp3) is 0.125. The summed E-state index contributed by atoms with van der Waals surface area (Å²) in [7, 11) is 0. The van der Waals surface area contributed by atoms with Gasteiger partial charge in [-0.25, -0.2) is 0 Å². The van der Waals surface area contributed by atoms with Crippen LogP contribution in [0.2, 0.25) is 0 Å². The van der Waals surface area contributed by atoms with Crippen molar-refractivity contribution in [2.24, 2.45) is 0 Å². The Morgan fingerprint density at radius 2 is 2.00 bits per heavy atom. The Labute approximate surface area is 122 Å². The molecule has 1 aromatic heterocycles. The van der Waals surface area contributed by atoms with Crippen molar-refractivity contribution < 1.29 is 4.79 Å². The van der Waals surface area contributed by atoms with Gasteiger partial charge in [0.1, 0.15) is 0 Å². The summed E-state index contributed by atoms with van der Waals surface area (Å²) < 4.78 is 0. The Bertz CT molecular complexity index is 790. The maximum Gasteiger partial charge on any atom is 0.272 e. The minimum atomic E-state index is -0.215. The first-order valence-electron chi connectivity index (χ1n) is 6.71. The molecule has 0 spiro atoms. The number of anilines is 1. The number of nitrogens with two attached hydrogens (primary N) is 1. The lowest BCUT2D eigenvalue weighted by molar-refractivity contribution is 0.0947. The molecule has 0 saturated heterocycles. The Morgan fingerprint density at radius 3 is 2.76 bits per heavy atom. The van der Waals surface area contributed by atoms with Crippen molar-refractivity contribution in [1.29, 1.82) is 0 Å². The van der Waals surface area contributed by atoms with Crippen molar-refractivity contribution in [3.05, 3.63) is 59.3 Å². The second kappa shape index (κ2) is 5.28. The SMILES string of the molecule is Cc1ccc(CNC(=O)c2n[nH]c3ccc(N)cc23)cc1. The van der Waals surface area contributed by atoms with Crippen LogP contribution in [0.4, 0.5) is 5.69 Å². The number of carbonyl (C=O) groups excluding carboxylic acids is 1. The average molecular weight is 280 g/mol. The lowest BCUT2D eigenvalue weighted by atomic mass is 10.1. The molecule has 0 radical (unpaired) electrons. The standard InChI is InChI=1S/C16H16N4O/c1-10-2-4-11(5-3-10)9-18-16(21)15-13-8-12(17)6-7-14(13)19-20-15/h2-8H,9,17H2,1H3,(H,18,21)(H,19,20). The van der Waals surface area contributed by atoms with Crippen LogP contribution in [0.25, 0.3) is 10.9 Å². The van der Waals surface area contributed by atoms with E-state index in [1.165, 1.54) is 5.56 Å². The molecule has 1 heterocycles. The Hall–Kier alpha value is -2.82. The normalized spacial score (nSPS) is 10.7. The molecule has 1 amide bonds. The first-order chi connectivity index (χ1) is 10.1. The van der Waals surface area contributed by atoms with Crippen molar-refractivity contribution >= 4 is 22.5 Å². The number of nitrogens with one attached hydrogen (secondary N) is 2. The van der Waals surface area contributed by atoms with Crippen LogP contribution < -0.4 is 11.1 Å². The molecule has 3 aromatic rings. The molecule has 2 aromatic carbocycles. The van der Waals surface area contributed by atoms with Crippen LogP contribution >= 0.6 is 0 Å². The molecule has 0 unspecified atom stereocenters. The Balaban J connectivity index is 1.78. The summed E-state index contributed by atoms with van der Waals surface area (Å²) in [6, 6.07) is 13.4. The number of carbonyl (C=O) groups is 1. The topological polar surface area (TPSA) is 83.8 Å². The molecule has 106 valence electrons. The molecule has 0 saturated carbocycles. The molecule has 0 aliphatic rings. The summed E-state index contributed by atoms with van der Waals surface area (Å²) in [5.74, 6) is -0.215. The van der Waals surface area contributed by atoms with E-state index in [2.05, 4.69) is 15.5 Å². The number of aryl methyl sites for hydroxylation is 1. The van der Waals surface area contributed by atoms with Crippen LogP contribution in [0.1, 0.15) is 21.6 Å². The van der Waals surface area contributed by atoms with Gasteiger partial charge in [-0.3, -0.25) is 9.89 Å². The predicted molar refractivity (Wildman–Crippen MR) is 82.9 cm³/mol. The maximum absolute atomic E-state index is 12.2. The third-order valence-electron chi connectivity index (χ3n) is 3.38. The lowest BCUT2D eigenvalue weighted by Crippen LogP contribution is -2.23. The molecule has 21 heavy (non-hydrogen) atoms. The smallest absolute Gasteiger partial charge is 0.272 e. The number of hydrogen-bond acceptors (Lipinski definition) is 3. The number of amides is 1. The highest BCUT2D eigenvalue weighted by Gasteiger charge is 2.13. The molecule has 4 N–H and O–H groups in total. The van der Waals surface area contributed by atoms with Gasteiger partial charge < -0.3 is 11.1 Å². The van der Waals surface area contributed by atoms with E-state index in [9.17, 15) is 4.79 Å². The van der Waals surface area contributed by atoms with Crippen LogP contribution in [0.15, 0.2) is 42.5 Å². The monoisotopic (exact) mass is 280 g/mol. The van der Waals surface area contributed by atoms with E-state index in [-0.39, 0.29) is 5.91 Å². The molecule has 0 fully saturated rings. The summed E-state index contributed by atoms with van der Waals surface area (Å²) in [4.78, 5) is 12.2. The number of aromatic nitrogens is 2. The van der Waals surface area contributed by atoms with Crippen LogP contribution in [0.5, 0.6) is 0 Å². The van der Waals surface area contributed by atoms with Crippen molar-refractivity contribution in [3.8, 4) is 0 Å². The highest BCUT2D eigenvalue weighted by molar-refractivity contribution is 6.05. The van der Waals surface area contributed by atoms with Crippen molar-refractivity contribution in [2.75, 3.05) is 5.73 Å². The van der Waals surface area contributed by atoms with Gasteiger partial charge in [-0.2, -0.15) is 5.10 Å². The highest BCUT2D eigenvalue weighted by atomic mass is 16.1. The summed E-state index contributed by atoms with van der Waals surface area (Å²) >= 11 is 0. The molecule has 0 aliphatic heterocycles. The number of rotatable bonds is 3. The molecular weight excluding hydrogens is 264 g/mol. The zero-order chi connectivity index (χ0) is 14.8. The fourth-order valence-electron chi connectivity index (χ4n) is 2.18. The molecule has 5 heteroatoms. The van der Waals surface area contributed by atoms with Crippen LogP contribution in [0.3, 0.4) is 0 Å². The van der Waals surface area contributed by atoms with E-state index in [0.29, 0.717) is 17.9 Å². The first-order valence-corrected chi connectivity index (χ1v) is 6.71. The van der Waals surface area contributed by atoms with E-state index in [1.807, 2.05) is 37.3 Å². The summed E-state index contributed by atoms with van der Waals surface area (Å²) in [5, 5.41) is 10.5. The van der Waals surface area contributed by atoms with Crippen LogP contribution in [-0.4, -0.2) is 16.1 Å². The zero-order valence-electron chi connectivity index (χ0n) is 11.7. The molecule has 5 nitrogen and oxygen atoms in total. The van der Waals surface area contributed by atoms with Gasteiger partial charge in [-0.1, -0.05) is 29.8 Å². The molecule has 0 atom stereocenters. The fourth-order valence-corrected chi connectivity index (χ4v) is 2.18. The second-order valence-electron chi connectivity index (χ2n) is 5.05. The minimum absolute atomic E-state index is 0.215. The summed E-state index contributed by atoms with van der Waals surface area (Å²) in [6.07, 6.45) is 0. The minimum Gasteiger partial charge on any atom is -0.399 e. The number of benzene rings is 2. The zero-order valence-corrected chi connectivity index (χ0v) is 11.7. The van der Waals surface area contributed by atoms with Gasteiger partial charge >= 0.3 is 0 Å². The molecule has 0 bridgehead atoms. The van der Waals surface area contributed by atoms with Crippen molar-refractivity contribution in [3.63, 3.8) is 0 Å². The van der Waals surface area contributed by atoms with Crippen molar-refractivity contribution in [2.45, 2.75) is 13.5 Å². The molecule has 3 rings (SSSR count). The third kappa shape index (κ3) is 2.72. The molecular formula is C16H16N4O. The van der Waals surface area contributed by atoms with Crippen LogP contribution in [0, 0.1) is 6.92 Å². The van der Waals surface area contributed by atoms with Gasteiger partial charge in [0, 0.05) is 17.6 Å². The van der Waals surface area contributed by atoms with Crippen LogP contribution in [-0.2, 0) is 6.54 Å². The van der Waals surface area contributed by atoms with E-state index in [4.69, 9.17) is 5.73 Å². The second-order valence-corrected chi connectivity index (χ2v) is 5.05. The number of H-pyrrole nitrogens is 1. The average Bonchev–Trinajstić information content (AvgIpc) is 2.89. The van der Waals surface area contributed by atoms with E-state index >= 15 is 0 Å². The lowest BCUT2D eigenvalue weighted by Gasteiger charge is -2.04. The number of fused-ring (bicyclic) bond motifs is 1. The van der Waals surface area contributed by atoms with E-state index < -0.39 is 0 Å². The number of aromatic amines is 1. The Kier molecular flexibility index (Phi) is 3.31. The van der Waals surface area contributed by atoms with Gasteiger partial charge in [-0.15, -0.1) is 0 Å². The highest BCUT2D eigenvalue weighted by Crippen LogP contribution is 2.18. The Morgan fingerprint density at radius 1 is 1.24 bits per heavy atom. The van der Waals surface area contributed by atoms with Gasteiger partial charge in [0.05, 0.1) is 5.52 Å². The van der Waals surface area contributed by atoms with Gasteiger partial charge in [0.25, 0.3) is 5.91 Å². The van der Waals surface area contributed by atoms with Gasteiger partial charge in [0.2, 0.25) is 0 Å². The van der Waals surface area contributed by atoms with Gasteiger partial charge in [-0.05, 0) is 30.7 Å². The number of nitrogens with zero attached hydrogens (tertiary/aromatic N) is 1. The largest absolute Gasteiger partial charge is 0.399 e. The number of nitrogen functional groups attached to an aromatic ring is 1. The quantitative estimate of drug-likeness (QED) is 0.644. The molecule has 0 aliphatic carbocycles. The third-order valence-corrected chi connectivity index (χ3v) is 3.38. The van der Waals surface area contributed by atoms with E-state index in [0.717, 1.165) is 16.5 Å². The van der Waals surface area contributed by atoms with E-state index in [1.54, 1.807) is 12.1 Å². The first kappa shape index (κ1) is 13.2. The predicted octanol–water partition coefficient (Wildman–Crippen LogP) is 2.38. The summed E-state index contributed by atoms with van der Waals surface area (Å²) in [5.41, 5.74) is 9.77. The van der Waals surface area contributed by atoms with Gasteiger partial charge in [0.15, 0.2) is 5.69 Å². The maximum atomic E-state index is 12.2.